The molecule has 32 heavy (non-hydrogen) atoms. The minimum Gasteiger partial charge on any atom is -0.304 e. The van der Waals surface area contributed by atoms with Crippen molar-refractivity contribution in [3.8, 4) is 0 Å². The van der Waals surface area contributed by atoms with Crippen LogP contribution in [-0.4, -0.2) is 7.34 Å². The second-order valence-corrected chi connectivity index (χ2v) is 21.7. The average molecular weight is 838 g/mol. The van der Waals surface area contributed by atoms with Gasteiger partial charge in [0, 0.05) is 0 Å². The molecule has 172 valence electrons. The summed E-state index contributed by atoms with van der Waals surface area (Å²) in [6.45, 7) is 3.39. The number of allylic oxidation sites excluding steroid dienone is 1. The van der Waals surface area contributed by atoms with Crippen LogP contribution in [0.1, 0.15) is 13.8 Å². The standard InChI is InChI=1S/C18H15P.C3H4Br2.C2H4O.CBr4/c1-4-10-16(11-5-1)19(17-12-6-2-7-13-17)18-14-8-3-9-15-18;1-2-3(4)5;1-2-3;2-1(3,4)5/h1-15H;2H,1H3;2H,1H3;. The second-order valence-electron chi connectivity index (χ2n) is 5.58. The zero-order valence-electron chi connectivity index (χ0n) is 17.4. The first-order valence-corrected chi connectivity index (χ1v) is 15.3. The van der Waals surface area contributed by atoms with E-state index in [0.717, 1.165) is 9.68 Å². The van der Waals surface area contributed by atoms with E-state index in [1.165, 1.54) is 22.8 Å². The third-order valence-corrected chi connectivity index (χ3v) is 6.62. The summed E-state index contributed by atoms with van der Waals surface area (Å²) in [5.41, 5.74) is 0. The van der Waals surface area contributed by atoms with Gasteiger partial charge in [0.2, 0.25) is 0 Å². The largest absolute Gasteiger partial charge is 0.304 e. The third-order valence-electron chi connectivity index (χ3n) is 3.26. The Balaban J connectivity index is 0.000000614. The topological polar surface area (TPSA) is 17.1 Å². The Kier molecular flexibility index (Phi) is 19.9. The molecule has 3 rings (SSSR count). The first-order valence-electron chi connectivity index (χ1n) is 9.22. The van der Waals surface area contributed by atoms with Crippen LogP contribution in [0.5, 0.6) is 0 Å². The van der Waals surface area contributed by atoms with E-state index >= 15 is 0 Å². The van der Waals surface area contributed by atoms with Crippen molar-refractivity contribution in [2.75, 3.05) is 0 Å². The highest BCUT2D eigenvalue weighted by atomic mass is 80.0. The Labute approximate surface area is 243 Å². The lowest BCUT2D eigenvalue weighted by molar-refractivity contribution is -0.106. The van der Waals surface area contributed by atoms with Gasteiger partial charge in [0.1, 0.15) is 6.29 Å². The minimum atomic E-state index is -0.446. The van der Waals surface area contributed by atoms with Crippen molar-refractivity contribution in [2.24, 2.45) is 0 Å². The molecule has 0 aromatic heterocycles. The van der Waals surface area contributed by atoms with Crippen LogP contribution in [0.4, 0.5) is 0 Å². The summed E-state index contributed by atoms with van der Waals surface area (Å²) in [6, 6.07) is 32.3. The van der Waals surface area contributed by atoms with Gasteiger partial charge < -0.3 is 4.79 Å². The van der Waals surface area contributed by atoms with Crippen molar-refractivity contribution >= 4 is 126 Å². The Morgan fingerprint density at radius 3 is 1.00 bits per heavy atom. The molecular formula is C24H23Br6OP. The van der Waals surface area contributed by atoms with Crippen molar-refractivity contribution in [2.45, 2.75) is 14.9 Å². The second kappa shape index (κ2) is 19.7. The lowest BCUT2D eigenvalue weighted by Gasteiger charge is -2.18. The molecular weight excluding hydrogens is 815 g/mol. The van der Waals surface area contributed by atoms with E-state index in [9.17, 15) is 0 Å². The molecule has 8 heteroatoms. The Hall–Kier alpha value is 0.380. The Morgan fingerprint density at radius 2 is 0.844 bits per heavy atom. The summed E-state index contributed by atoms with van der Waals surface area (Å²) in [6.07, 6.45) is 2.67. The zero-order valence-corrected chi connectivity index (χ0v) is 27.8. The van der Waals surface area contributed by atoms with E-state index in [1.54, 1.807) is 0 Å². The highest BCUT2D eigenvalue weighted by molar-refractivity contribution is 9.52. The van der Waals surface area contributed by atoms with Gasteiger partial charge in [-0.15, -0.1) is 0 Å². The lowest BCUT2D eigenvalue weighted by Crippen LogP contribution is -2.20. The van der Waals surface area contributed by atoms with Gasteiger partial charge in [-0.3, -0.25) is 0 Å². The van der Waals surface area contributed by atoms with Crippen LogP contribution >= 0.6 is 104 Å². The quantitative estimate of drug-likeness (QED) is 0.146. The molecule has 0 fully saturated rings. The Bertz CT molecular complexity index is 781. The fraction of sp³-hybridized carbons (Fsp3) is 0.125. The monoisotopic (exact) mass is 832 g/mol. The van der Waals surface area contributed by atoms with Crippen molar-refractivity contribution in [1.29, 1.82) is 0 Å². The number of hydrogen-bond donors (Lipinski definition) is 0. The van der Waals surface area contributed by atoms with Gasteiger partial charge in [0.15, 0.2) is 1.05 Å². The molecule has 0 radical (unpaired) electrons. The summed E-state index contributed by atoms with van der Waals surface area (Å²) in [4.78, 5) is 8.81. The van der Waals surface area contributed by atoms with Gasteiger partial charge in [-0.25, -0.2) is 0 Å². The van der Waals surface area contributed by atoms with E-state index in [2.05, 4.69) is 187 Å². The maximum Gasteiger partial charge on any atom is 0.189 e. The molecule has 3 aromatic rings. The zero-order chi connectivity index (χ0) is 24.4. The fourth-order valence-corrected chi connectivity index (χ4v) is 4.48. The summed E-state index contributed by atoms with van der Waals surface area (Å²) >= 11 is 18.8. The summed E-state index contributed by atoms with van der Waals surface area (Å²) in [5.74, 6) is 0. The SMILES string of the molecule is BrC(Br)(Br)Br.CC=C(Br)Br.CC=O.c1ccc(P(c2ccccc2)c2ccccc2)cc1. The minimum absolute atomic E-state index is 0.250. The number of carbonyl (C=O) groups is 1. The number of halogens is 6. The predicted molar refractivity (Wildman–Crippen MR) is 167 cm³/mol. The van der Waals surface area contributed by atoms with E-state index in [0.29, 0.717) is 0 Å². The number of rotatable bonds is 3. The maximum atomic E-state index is 8.81. The number of benzene rings is 3. The number of alkyl halides is 4. The molecule has 1 nitrogen and oxygen atoms in total. The van der Waals surface area contributed by atoms with Crippen molar-refractivity contribution in [3.63, 3.8) is 0 Å². The van der Waals surface area contributed by atoms with E-state index in [1.807, 2.05) is 13.0 Å². The van der Waals surface area contributed by atoms with Crippen LogP contribution in [0.25, 0.3) is 0 Å². The summed E-state index contributed by atoms with van der Waals surface area (Å²) in [5, 5.41) is 4.19. The number of aldehydes is 1. The summed E-state index contributed by atoms with van der Waals surface area (Å²) in [7, 11) is -0.446. The Morgan fingerprint density at radius 1 is 0.656 bits per heavy atom. The number of carbonyl (C=O) groups excluding carboxylic acids is 1. The smallest absolute Gasteiger partial charge is 0.189 e. The third kappa shape index (κ3) is 17.8. The average Bonchev–Trinajstić information content (AvgIpc) is 2.76. The molecule has 3 aromatic carbocycles. The van der Waals surface area contributed by atoms with Gasteiger partial charge in [0.05, 0.1) is 3.39 Å². The molecule has 0 spiro atoms. The van der Waals surface area contributed by atoms with Crippen LogP contribution in [0, 0.1) is 0 Å². The predicted octanol–water partition coefficient (Wildman–Crippen LogP) is 9.46. The molecule has 0 saturated heterocycles. The summed E-state index contributed by atoms with van der Waals surface area (Å²) < 4.78 is 0.755. The van der Waals surface area contributed by atoms with Crippen LogP contribution in [-0.2, 0) is 4.79 Å². The van der Waals surface area contributed by atoms with Crippen LogP contribution in [0.3, 0.4) is 0 Å². The highest BCUT2D eigenvalue weighted by Crippen LogP contribution is 2.39. The lowest BCUT2D eigenvalue weighted by atomic mass is 10.4. The van der Waals surface area contributed by atoms with Crippen LogP contribution in [0.15, 0.2) is 100 Å². The highest BCUT2D eigenvalue weighted by Gasteiger charge is 2.15. The van der Waals surface area contributed by atoms with Gasteiger partial charge in [-0.2, -0.15) is 0 Å². The van der Waals surface area contributed by atoms with Crippen LogP contribution < -0.4 is 15.9 Å². The number of hydrogen-bond acceptors (Lipinski definition) is 1. The molecule has 0 heterocycles. The van der Waals surface area contributed by atoms with Crippen LogP contribution in [0.2, 0.25) is 0 Å². The first kappa shape index (κ1) is 32.4. The molecule has 0 bridgehead atoms. The molecule has 0 aliphatic heterocycles. The van der Waals surface area contributed by atoms with Gasteiger partial charge in [-0.1, -0.05) is 97.1 Å². The van der Waals surface area contributed by atoms with Gasteiger partial charge in [-0.05, 0) is 133 Å². The van der Waals surface area contributed by atoms with Gasteiger partial charge in [0.25, 0.3) is 0 Å². The normalized spacial score (nSPS) is 9.66. The van der Waals surface area contributed by atoms with Crippen molar-refractivity contribution < 1.29 is 4.79 Å². The van der Waals surface area contributed by atoms with Gasteiger partial charge >= 0.3 is 0 Å². The fourth-order valence-electron chi connectivity index (χ4n) is 2.18. The molecule has 0 unspecified atom stereocenters. The van der Waals surface area contributed by atoms with E-state index in [-0.39, 0.29) is 1.05 Å². The van der Waals surface area contributed by atoms with Crippen molar-refractivity contribution in [3.05, 3.63) is 100 Å². The molecule has 0 aliphatic carbocycles. The van der Waals surface area contributed by atoms with Crippen molar-refractivity contribution in [1.82, 2.24) is 0 Å². The van der Waals surface area contributed by atoms with E-state index in [4.69, 9.17) is 4.79 Å². The maximum absolute atomic E-state index is 8.81. The first-order chi connectivity index (χ1) is 15.1. The molecule has 0 amide bonds. The molecule has 0 atom stereocenters. The molecule has 0 aliphatic rings. The van der Waals surface area contributed by atoms with E-state index < -0.39 is 7.92 Å². The molecule has 0 N–H and O–H groups in total. The molecule has 0 saturated carbocycles.